The van der Waals surface area contributed by atoms with Gasteiger partial charge in [-0.1, -0.05) is 11.6 Å². The van der Waals surface area contributed by atoms with Crippen LogP contribution in [0, 0.1) is 3.95 Å². The van der Waals surface area contributed by atoms with Crippen molar-refractivity contribution >= 4 is 56.8 Å². The number of ketones is 1. The number of carbonyl (C=O) groups is 1. The normalized spacial score (nSPS) is 17.8. The van der Waals surface area contributed by atoms with E-state index in [0.717, 1.165) is 19.9 Å². The summed E-state index contributed by atoms with van der Waals surface area (Å²) in [5.74, 6) is 0.289. The van der Waals surface area contributed by atoms with Crippen molar-refractivity contribution in [2.45, 2.75) is 13.2 Å². The monoisotopic (exact) mass is 418 g/mol. The van der Waals surface area contributed by atoms with Crippen LogP contribution in [0.5, 0.6) is 5.75 Å². The SMILES string of the molecule is CCO[C@@H]1Oc2ccc(Cl)cc2C(=O)/C1=C\Nc1ccc2[nH]c(=S)sc2c1. The first-order valence-electron chi connectivity index (χ1n) is 8.27. The Morgan fingerprint density at radius 1 is 1.37 bits per heavy atom. The molecule has 2 heterocycles. The van der Waals surface area contributed by atoms with Gasteiger partial charge < -0.3 is 19.8 Å². The maximum Gasteiger partial charge on any atom is 0.232 e. The van der Waals surface area contributed by atoms with Crippen LogP contribution in [0.3, 0.4) is 0 Å². The smallest absolute Gasteiger partial charge is 0.232 e. The lowest BCUT2D eigenvalue weighted by atomic mass is 10.00. The Bertz CT molecular complexity index is 1120. The molecule has 0 bridgehead atoms. The van der Waals surface area contributed by atoms with Crippen molar-refractivity contribution in [2.75, 3.05) is 11.9 Å². The molecule has 4 rings (SSSR count). The van der Waals surface area contributed by atoms with Crippen LogP contribution < -0.4 is 10.1 Å². The Kier molecular flexibility index (Phi) is 5.01. The van der Waals surface area contributed by atoms with E-state index in [2.05, 4.69) is 10.3 Å². The highest BCUT2D eigenvalue weighted by atomic mass is 35.5. The van der Waals surface area contributed by atoms with Gasteiger partial charge in [0.25, 0.3) is 0 Å². The summed E-state index contributed by atoms with van der Waals surface area (Å²) >= 11 is 12.7. The number of anilines is 1. The summed E-state index contributed by atoms with van der Waals surface area (Å²) in [6.45, 7) is 2.26. The zero-order chi connectivity index (χ0) is 19.0. The number of Topliss-reactive ketones (excluding diaryl/α,β-unsaturated/α-hetero) is 1. The van der Waals surface area contributed by atoms with Crippen LogP contribution in [0.1, 0.15) is 17.3 Å². The van der Waals surface area contributed by atoms with Gasteiger partial charge in [-0.3, -0.25) is 4.79 Å². The zero-order valence-electron chi connectivity index (χ0n) is 14.2. The quantitative estimate of drug-likeness (QED) is 0.430. The van der Waals surface area contributed by atoms with Gasteiger partial charge >= 0.3 is 0 Å². The molecule has 0 saturated carbocycles. The summed E-state index contributed by atoms with van der Waals surface area (Å²) in [6, 6.07) is 10.8. The molecule has 0 fully saturated rings. The molecular weight excluding hydrogens is 404 g/mol. The molecule has 0 aliphatic carbocycles. The molecule has 0 unspecified atom stereocenters. The molecule has 1 aliphatic heterocycles. The van der Waals surface area contributed by atoms with E-state index >= 15 is 0 Å². The number of rotatable bonds is 4. The van der Waals surface area contributed by atoms with Crippen molar-refractivity contribution in [2.24, 2.45) is 0 Å². The number of fused-ring (bicyclic) bond motifs is 2. The number of aromatic nitrogens is 1. The highest BCUT2D eigenvalue weighted by Gasteiger charge is 2.32. The summed E-state index contributed by atoms with van der Waals surface area (Å²) in [5.41, 5.74) is 2.62. The number of benzene rings is 2. The molecule has 8 heteroatoms. The van der Waals surface area contributed by atoms with Crippen LogP contribution in [-0.4, -0.2) is 23.7 Å². The first-order chi connectivity index (χ1) is 13.0. The van der Waals surface area contributed by atoms with Gasteiger partial charge in [-0.15, -0.1) is 11.3 Å². The van der Waals surface area contributed by atoms with Crippen molar-refractivity contribution in [1.29, 1.82) is 0 Å². The fourth-order valence-electron chi connectivity index (χ4n) is 2.83. The molecule has 0 radical (unpaired) electrons. The number of aromatic amines is 1. The van der Waals surface area contributed by atoms with Crippen molar-refractivity contribution in [3.63, 3.8) is 0 Å². The fourth-order valence-corrected chi connectivity index (χ4v) is 4.16. The predicted molar refractivity (Wildman–Crippen MR) is 111 cm³/mol. The molecule has 1 aliphatic rings. The van der Waals surface area contributed by atoms with Gasteiger partial charge in [-0.05, 0) is 55.5 Å². The Balaban J connectivity index is 1.67. The summed E-state index contributed by atoms with van der Waals surface area (Å²) in [7, 11) is 0. The Labute approximate surface area is 169 Å². The third-order valence-corrected chi connectivity index (χ3v) is 5.50. The molecule has 27 heavy (non-hydrogen) atoms. The third-order valence-electron chi connectivity index (χ3n) is 4.07. The number of carbonyl (C=O) groups excluding carboxylic acids is 1. The second-order valence-electron chi connectivity index (χ2n) is 5.84. The van der Waals surface area contributed by atoms with Gasteiger partial charge in [0, 0.05) is 23.5 Å². The number of hydrogen-bond donors (Lipinski definition) is 2. The molecule has 3 aromatic rings. The second-order valence-corrected chi connectivity index (χ2v) is 8.00. The van der Waals surface area contributed by atoms with Gasteiger partial charge in [0.2, 0.25) is 12.1 Å². The minimum atomic E-state index is -0.776. The molecule has 138 valence electrons. The van der Waals surface area contributed by atoms with E-state index in [4.69, 9.17) is 33.3 Å². The first-order valence-corrected chi connectivity index (χ1v) is 9.87. The van der Waals surface area contributed by atoms with Crippen molar-refractivity contribution in [3.8, 4) is 5.75 Å². The third kappa shape index (κ3) is 3.64. The van der Waals surface area contributed by atoms with E-state index in [1.807, 2.05) is 25.1 Å². The van der Waals surface area contributed by atoms with Gasteiger partial charge in [0.1, 0.15) is 5.75 Å². The van der Waals surface area contributed by atoms with Gasteiger partial charge in [-0.2, -0.15) is 0 Å². The topological polar surface area (TPSA) is 63.4 Å². The molecule has 0 saturated heterocycles. The van der Waals surface area contributed by atoms with Crippen LogP contribution in [0.4, 0.5) is 5.69 Å². The van der Waals surface area contributed by atoms with E-state index in [0.29, 0.717) is 28.5 Å². The van der Waals surface area contributed by atoms with Crippen LogP contribution in [-0.2, 0) is 4.74 Å². The lowest BCUT2D eigenvalue weighted by Gasteiger charge is -2.27. The van der Waals surface area contributed by atoms with Gasteiger partial charge in [0.15, 0.2) is 3.95 Å². The lowest BCUT2D eigenvalue weighted by molar-refractivity contribution is -0.0509. The molecule has 0 spiro atoms. The number of thiazole rings is 1. The number of ether oxygens (including phenoxy) is 2. The molecular formula is C19H15ClN2O3S2. The van der Waals surface area contributed by atoms with Crippen LogP contribution in [0.15, 0.2) is 48.2 Å². The van der Waals surface area contributed by atoms with Crippen LogP contribution in [0.2, 0.25) is 5.02 Å². The molecule has 2 aromatic carbocycles. The molecule has 5 nitrogen and oxygen atoms in total. The highest BCUT2D eigenvalue weighted by molar-refractivity contribution is 7.73. The number of halogens is 1. The van der Waals surface area contributed by atoms with E-state index < -0.39 is 6.29 Å². The Morgan fingerprint density at radius 3 is 3.04 bits per heavy atom. The molecule has 1 aromatic heterocycles. The standard InChI is InChI=1S/C19H15ClN2O3S2/c1-2-24-18-13(17(23)12-7-10(20)3-6-15(12)25-18)9-21-11-4-5-14-16(8-11)27-19(26)22-14/h3-9,18,21H,2H2,1H3,(H,22,26)/b13-9+/t18-/m1/s1. The molecule has 1 atom stereocenters. The molecule has 2 N–H and O–H groups in total. The number of nitrogens with one attached hydrogen (secondary N) is 2. The Morgan fingerprint density at radius 2 is 2.22 bits per heavy atom. The van der Waals surface area contributed by atoms with Crippen molar-refractivity contribution in [1.82, 2.24) is 4.98 Å². The zero-order valence-corrected chi connectivity index (χ0v) is 16.6. The van der Waals surface area contributed by atoms with Gasteiger partial charge in [0.05, 0.1) is 21.4 Å². The van der Waals surface area contributed by atoms with E-state index in [1.54, 1.807) is 24.4 Å². The van der Waals surface area contributed by atoms with E-state index in [1.165, 1.54) is 11.3 Å². The number of H-pyrrole nitrogens is 1. The first kappa shape index (κ1) is 18.2. The fraction of sp³-hybridized carbons (Fsp3) is 0.158. The summed E-state index contributed by atoms with van der Waals surface area (Å²) in [5, 5.41) is 3.64. The Hall–Kier alpha value is -2.19. The second kappa shape index (κ2) is 7.44. The highest BCUT2D eigenvalue weighted by Crippen LogP contribution is 2.33. The minimum absolute atomic E-state index is 0.178. The summed E-state index contributed by atoms with van der Waals surface area (Å²) < 4.78 is 13.2. The van der Waals surface area contributed by atoms with Crippen LogP contribution in [0.25, 0.3) is 10.2 Å². The summed E-state index contributed by atoms with van der Waals surface area (Å²) in [6.07, 6.45) is 0.848. The maximum atomic E-state index is 12.9. The largest absolute Gasteiger partial charge is 0.460 e. The average molecular weight is 419 g/mol. The maximum absolute atomic E-state index is 12.9. The number of hydrogen-bond acceptors (Lipinski definition) is 6. The van der Waals surface area contributed by atoms with Crippen molar-refractivity contribution < 1.29 is 14.3 Å². The molecule has 0 amide bonds. The minimum Gasteiger partial charge on any atom is -0.460 e. The predicted octanol–water partition coefficient (Wildman–Crippen LogP) is 5.55. The van der Waals surface area contributed by atoms with E-state index in [-0.39, 0.29) is 5.78 Å². The van der Waals surface area contributed by atoms with Gasteiger partial charge in [-0.25, -0.2) is 0 Å². The summed E-state index contributed by atoms with van der Waals surface area (Å²) in [4.78, 5) is 16.1. The lowest BCUT2D eigenvalue weighted by Crippen LogP contribution is -2.33. The van der Waals surface area contributed by atoms with Crippen LogP contribution >= 0.6 is 35.2 Å². The van der Waals surface area contributed by atoms with E-state index in [9.17, 15) is 4.79 Å². The van der Waals surface area contributed by atoms with Crippen molar-refractivity contribution in [3.05, 3.63) is 62.7 Å². The average Bonchev–Trinajstić information content (AvgIpc) is 3.01.